The molecule has 2 aliphatic heterocycles. The number of nitrogens with one attached hydrogen (secondary N) is 2. The van der Waals surface area contributed by atoms with Crippen LogP contribution in [0.1, 0.15) is 106 Å². The van der Waals surface area contributed by atoms with Crippen molar-refractivity contribution in [3.05, 3.63) is 93.6 Å². The summed E-state index contributed by atoms with van der Waals surface area (Å²) in [5, 5.41) is 4.56. The number of fused-ring (bicyclic) bond motifs is 2. The third kappa shape index (κ3) is 6.16. The number of esters is 2. The number of ether oxygens (including phenoxy) is 2. The lowest BCUT2D eigenvalue weighted by atomic mass is 9.91. The molecule has 0 saturated carbocycles. The summed E-state index contributed by atoms with van der Waals surface area (Å²) in [5.41, 5.74) is 2.26. The van der Waals surface area contributed by atoms with Gasteiger partial charge in [-0.05, 0) is 68.0 Å². The van der Waals surface area contributed by atoms with E-state index in [-0.39, 0.29) is 46.6 Å². The highest BCUT2D eigenvalue weighted by atomic mass is 16.5. The zero-order valence-corrected chi connectivity index (χ0v) is 22.7. The van der Waals surface area contributed by atoms with Crippen LogP contribution in [0.3, 0.4) is 0 Å². The van der Waals surface area contributed by atoms with Gasteiger partial charge < -0.3 is 9.47 Å². The minimum Gasteiger partial charge on any atom is -0.458 e. The number of hydrogen-bond acceptors (Lipinski definition) is 8. The van der Waals surface area contributed by atoms with Crippen molar-refractivity contribution in [1.82, 2.24) is 10.6 Å². The molecule has 2 N–H and O–H groups in total. The molecule has 2 aliphatic rings. The highest BCUT2D eigenvalue weighted by Crippen LogP contribution is 2.28. The van der Waals surface area contributed by atoms with Crippen molar-refractivity contribution in [1.29, 1.82) is 0 Å². The molecule has 41 heavy (non-hydrogen) atoms. The number of carbonyl (C=O) groups is 6. The number of carbonyl (C=O) groups excluding carboxylic acids is 6. The molecule has 4 rings (SSSR count). The molecule has 10 nitrogen and oxygen atoms in total. The Morgan fingerprint density at radius 2 is 1.17 bits per heavy atom. The van der Waals surface area contributed by atoms with Crippen molar-refractivity contribution in [3.63, 3.8) is 0 Å². The van der Waals surface area contributed by atoms with Gasteiger partial charge in [-0.1, -0.05) is 37.6 Å². The van der Waals surface area contributed by atoms with Crippen molar-refractivity contribution >= 4 is 35.6 Å². The molecule has 0 bridgehead atoms. The molecule has 0 atom stereocenters. The molecule has 2 heterocycles. The van der Waals surface area contributed by atoms with Crippen LogP contribution in [-0.2, 0) is 22.3 Å². The number of hydrogen-bond donors (Lipinski definition) is 2. The molecule has 0 aromatic heterocycles. The first-order chi connectivity index (χ1) is 19.8. The van der Waals surface area contributed by atoms with Gasteiger partial charge in [0.05, 0.1) is 33.4 Å². The average Bonchev–Trinajstić information content (AvgIpc) is 3.42. The van der Waals surface area contributed by atoms with Crippen LogP contribution in [0.5, 0.6) is 0 Å². The Balaban J connectivity index is 1.45. The predicted molar refractivity (Wildman–Crippen MR) is 148 cm³/mol. The van der Waals surface area contributed by atoms with Crippen molar-refractivity contribution in [3.8, 4) is 0 Å². The van der Waals surface area contributed by atoms with E-state index in [0.717, 1.165) is 0 Å². The van der Waals surface area contributed by atoms with Crippen LogP contribution < -0.4 is 10.6 Å². The number of unbranched alkanes of at least 4 members (excludes halogenated alkanes) is 3. The molecule has 2 aromatic rings. The minimum atomic E-state index is -0.602. The highest BCUT2D eigenvalue weighted by molar-refractivity contribution is 6.23. The van der Waals surface area contributed by atoms with E-state index in [1.807, 2.05) is 0 Å². The Morgan fingerprint density at radius 3 is 1.61 bits per heavy atom. The van der Waals surface area contributed by atoms with E-state index in [2.05, 4.69) is 17.2 Å². The van der Waals surface area contributed by atoms with Crippen LogP contribution in [-0.4, -0.2) is 48.8 Å². The first-order valence-corrected chi connectivity index (χ1v) is 13.4. The van der Waals surface area contributed by atoms with E-state index < -0.39 is 35.6 Å². The van der Waals surface area contributed by atoms with Gasteiger partial charge in [0.1, 0.15) is 13.2 Å². The van der Waals surface area contributed by atoms with Gasteiger partial charge in [0.15, 0.2) is 0 Å². The molecule has 0 fully saturated rings. The Labute approximate surface area is 236 Å². The molecule has 4 amide bonds. The second-order valence-corrected chi connectivity index (χ2v) is 9.56. The van der Waals surface area contributed by atoms with Crippen molar-refractivity contribution < 1.29 is 38.2 Å². The second kappa shape index (κ2) is 13.0. The molecule has 0 radical (unpaired) electrons. The standard InChI is InChI=1S/C31H30N2O8/c1-3-5-17-41-31(39)21-13-15-23-25(29(37)33-27(23)35)19(21)11-9-7-6-8-10-18-20(30(38)40-16-4-2)12-14-22-24(18)28(36)32-26(22)34/h3-5,12-15H,2,6-11,16-17H2,1H3,(H,32,34,36)(H,33,35,37). The summed E-state index contributed by atoms with van der Waals surface area (Å²) in [7, 11) is 0. The second-order valence-electron chi connectivity index (χ2n) is 9.56. The van der Waals surface area contributed by atoms with E-state index in [9.17, 15) is 28.8 Å². The van der Waals surface area contributed by atoms with E-state index in [1.165, 1.54) is 30.3 Å². The maximum Gasteiger partial charge on any atom is 0.338 e. The Bertz CT molecular complexity index is 1490. The quantitative estimate of drug-likeness (QED) is 0.163. The number of amides is 4. The fourth-order valence-corrected chi connectivity index (χ4v) is 5.03. The first-order valence-electron chi connectivity index (χ1n) is 13.4. The number of allylic oxidation sites excluding steroid dienone is 1. The van der Waals surface area contributed by atoms with Gasteiger partial charge in [0.2, 0.25) is 0 Å². The average molecular weight is 559 g/mol. The van der Waals surface area contributed by atoms with Crippen LogP contribution in [0.15, 0.2) is 49.1 Å². The van der Waals surface area contributed by atoms with Crippen LogP contribution >= 0.6 is 0 Å². The monoisotopic (exact) mass is 558 g/mol. The predicted octanol–water partition coefficient (Wildman–Crippen LogP) is 3.88. The fourth-order valence-electron chi connectivity index (χ4n) is 5.03. The summed E-state index contributed by atoms with van der Waals surface area (Å²) < 4.78 is 10.5. The largest absolute Gasteiger partial charge is 0.458 e. The van der Waals surface area contributed by atoms with Gasteiger partial charge in [0, 0.05) is 0 Å². The molecule has 0 spiro atoms. The zero-order valence-electron chi connectivity index (χ0n) is 22.7. The third-order valence-electron chi connectivity index (χ3n) is 6.95. The Kier molecular flexibility index (Phi) is 9.23. The zero-order chi connectivity index (χ0) is 29.5. The molecule has 212 valence electrons. The SMILES string of the molecule is C=CCOC(=O)c1ccc2c(c1CCCCCCc1c(C(=O)OCC=CC)ccc3c1C(=O)NC3=O)C(=O)NC2=O. The van der Waals surface area contributed by atoms with Crippen molar-refractivity contribution in [2.45, 2.75) is 45.4 Å². The smallest absolute Gasteiger partial charge is 0.338 e. The lowest BCUT2D eigenvalue weighted by Crippen LogP contribution is -2.20. The molecule has 0 aliphatic carbocycles. The number of imide groups is 2. The fraction of sp³-hybridized carbons (Fsp3) is 0.290. The Hall–Kier alpha value is -4.86. The number of rotatable bonds is 13. The minimum absolute atomic E-state index is 0.0120. The molecule has 2 aromatic carbocycles. The van der Waals surface area contributed by atoms with Crippen molar-refractivity contribution in [2.75, 3.05) is 13.2 Å². The van der Waals surface area contributed by atoms with Crippen molar-refractivity contribution in [2.24, 2.45) is 0 Å². The van der Waals surface area contributed by atoms with Gasteiger partial charge in [-0.15, -0.1) is 0 Å². The molecular weight excluding hydrogens is 528 g/mol. The lowest BCUT2D eigenvalue weighted by Gasteiger charge is -2.13. The number of benzene rings is 2. The van der Waals surface area contributed by atoms with E-state index in [4.69, 9.17) is 9.47 Å². The lowest BCUT2D eigenvalue weighted by molar-refractivity contribution is 0.0538. The maximum absolute atomic E-state index is 12.7. The normalized spacial score (nSPS) is 13.6. The summed E-state index contributed by atoms with van der Waals surface area (Å²) >= 11 is 0. The summed E-state index contributed by atoms with van der Waals surface area (Å²) in [4.78, 5) is 74.7. The van der Waals surface area contributed by atoms with Crippen LogP contribution in [0.2, 0.25) is 0 Å². The van der Waals surface area contributed by atoms with E-state index in [1.54, 1.807) is 19.1 Å². The van der Waals surface area contributed by atoms with Gasteiger partial charge in [-0.2, -0.15) is 0 Å². The Morgan fingerprint density at radius 1 is 0.707 bits per heavy atom. The summed E-state index contributed by atoms with van der Waals surface area (Å²) in [5.74, 6) is -3.26. The topological polar surface area (TPSA) is 145 Å². The van der Waals surface area contributed by atoms with E-state index in [0.29, 0.717) is 49.7 Å². The van der Waals surface area contributed by atoms with Gasteiger partial charge in [0.25, 0.3) is 23.6 Å². The van der Waals surface area contributed by atoms with E-state index >= 15 is 0 Å². The molecule has 0 unspecified atom stereocenters. The molecular formula is C31H30N2O8. The first kappa shape index (κ1) is 29.1. The van der Waals surface area contributed by atoms with Crippen LogP contribution in [0.4, 0.5) is 0 Å². The third-order valence-corrected chi connectivity index (χ3v) is 6.95. The molecule has 10 heteroatoms. The summed E-state index contributed by atoms with van der Waals surface area (Å²) in [6, 6.07) is 5.92. The summed E-state index contributed by atoms with van der Waals surface area (Å²) in [6.07, 6.45) is 8.21. The van der Waals surface area contributed by atoms with Gasteiger partial charge >= 0.3 is 11.9 Å². The molecule has 0 saturated heterocycles. The maximum atomic E-state index is 12.7. The summed E-state index contributed by atoms with van der Waals surface area (Å²) in [6.45, 7) is 5.44. The van der Waals surface area contributed by atoms with Gasteiger partial charge in [-0.25, -0.2) is 9.59 Å². The van der Waals surface area contributed by atoms with Crippen LogP contribution in [0.25, 0.3) is 0 Å². The van der Waals surface area contributed by atoms with Gasteiger partial charge in [-0.3, -0.25) is 29.8 Å². The van der Waals surface area contributed by atoms with Crippen LogP contribution in [0, 0.1) is 0 Å². The highest BCUT2D eigenvalue weighted by Gasteiger charge is 2.33.